The second-order valence-corrected chi connectivity index (χ2v) is 10.8. The number of hydrogen-bond acceptors (Lipinski definition) is 7. The van der Waals surface area contributed by atoms with Crippen molar-refractivity contribution in [2.45, 2.75) is 23.6 Å². The molecule has 1 N–H and O–H groups in total. The Morgan fingerprint density at radius 2 is 1.29 bits per heavy atom. The summed E-state index contributed by atoms with van der Waals surface area (Å²) in [6, 6.07) is 21.2. The van der Waals surface area contributed by atoms with Crippen LogP contribution in [0.2, 0.25) is 0 Å². The van der Waals surface area contributed by atoms with Gasteiger partial charge in [-0.3, -0.25) is 4.72 Å². The predicted molar refractivity (Wildman–Crippen MR) is 128 cm³/mol. The van der Waals surface area contributed by atoms with Gasteiger partial charge in [0, 0.05) is 5.56 Å². The highest BCUT2D eigenvalue weighted by molar-refractivity contribution is 7.92. The Kier molecular flexibility index (Phi) is 6.36. The lowest BCUT2D eigenvalue weighted by Gasteiger charge is -2.13. The molecule has 0 aliphatic heterocycles. The number of aromatic nitrogens is 2. The largest absolute Gasteiger partial charge is 0.356 e. The number of sulfonamides is 1. The topological polar surface area (TPSA) is 115 Å². The first kappa shape index (κ1) is 23.4. The van der Waals surface area contributed by atoms with E-state index in [1.165, 1.54) is 24.3 Å². The van der Waals surface area contributed by atoms with Crippen molar-refractivity contribution in [1.29, 1.82) is 0 Å². The molecule has 8 nitrogen and oxygen atoms in total. The minimum absolute atomic E-state index is 0.0367. The minimum atomic E-state index is -4.17. The molecule has 0 bridgehead atoms. The zero-order chi connectivity index (χ0) is 24.3. The predicted octanol–water partition coefficient (Wildman–Crippen LogP) is 4.33. The van der Waals surface area contributed by atoms with Crippen molar-refractivity contribution in [1.82, 2.24) is 9.97 Å². The van der Waals surface area contributed by atoms with E-state index in [2.05, 4.69) is 14.7 Å². The monoisotopic (exact) mass is 495 g/mol. The van der Waals surface area contributed by atoms with Crippen LogP contribution in [0.25, 0.3) is 11.3 Å². The lowest BCUT2D eigenvalue weighted by atomic mass is 10.1. The lowest BCUT2D eigenvalue weighted by molar-refractivity contribution is 0.475. The highest BCUT2D eigenvalue weighted by Gasteiger charge is 2.22. The molecule has 0 amide bonds. The Hall–Kier alpha value is -3.76. The van der Waals surface area contributed by atoms with E-state index in [0.29, 0.717) is 5.56 Å². The highest BCUT2D eigenvalue weighted by Crippen LogP contribution is 2.29. The highest BCUT2D eigenvalue weighted by atomic mass is 32.2. The molecule has 4 rings (SSSR count). The number of hydrogen-bond donors (Lipinski definition) is 1. The van der Waals surface area contributed by atoms with Crippen LogP contribution in [0.15, 0.2) is 94.9 Å². The standard InChI is InChI=1S/C24H21N3O5S2/c1-17-8-12-20(13-9-17)33(28,29)27-24-23(19-6-4-3-5-7-19)26-22(16-25-24)32-34(30,31)21-14-10-18(2)11-15-21/h3-16H,1-2H3,(H,25,27). The first-order chi connectivity index (χ1) is 16.1. The fourth-order valence-corrected chi connectivity index (χ4v) is 4.94. The van der Waals surface area contributed by atoms with E-state index >= 15 is 0 Å². The fraction of sp³-hybridized carbons (Fsp3) is 0.0833. The third-order valence-corrected chi connectivity index (χ3v) is 7.46. The van der Waals surface area contributed by atoms with Gasteiger partial charge in [0.05, 0.1) is 11.1 Å². The maximum Gasteiger partial charge on any atom is 0.340 e. The van der Waals surface area contributed by atoms with Crippen molar-refractivity contribution < 1.29 is 21.0 Å². The van der Waals surface area contributed by atoms with Gasteiger partial charge in [0.15, 0.2) is 5.82 Å². The summed E-state index contributed by atoms with van der Waals surface area (Å²) in [6.45, 7) is 3.69. The van der Waals surface area contributed by atoms with Gasteiger partial charge in [0.1, 0.15) is 10.6 Å². The fourth-order valence-electron chi connectivity index (χ4n) is 3.05. The van der Waals surface area contributed by atoms with Crippen LogP contribution in [0.5, 0.6) is 5.88 Å². The second kappa shape index (κ2) is 9.24. The lowest BCUT2D eigenvalue weighted by Crippen LogP contribution is -2.16. The third kappa shape index (κ3) is 5.24. The number of aryl methyl sites for hydroxylation is 2. The molecule has 1 aromatic heterocycles. The summed E-state index contributed by atoms with van der Waals surface area (Å²) in [6.07, 6.45) is 1.06. The van der Waals surface area contributed by atoms with Crippen LogP contribution in [0.3, 0.4) is 0 Å². The van der Waals surface area contributed by atoms with E-state index < -0.39 is 20.1 Å². The molecule has 10 heteroatoms. The first-order valence-corrected chi connectivity index (χ1v) is 13.1. The zero-order valence-corrected chi connectivity index (χ0v) is 20.0. The normalized spacial score (nSPS) is 11.7. The molecule has 0 saturated heterocycles. The van der Waals surface area contributed by atoms with Gasteiger partial charge in [0.2, 0.25) is 0 Å². The van der Waals surface area contributed by atoms with Gasteiger partial charge < -0.3 is 4.18 Å². The molecule has 0 unspecified atom stereocenters. The summed E-state index contributed by atoms with van der Waals surface area (Å²) in [5.74, 6) is -0.357. The zero-order valence-electron chi connectivity index (χ0n) is 18.3. The van der Waals surface area contributed by atoms with Gasteiger partial charge in [-0.1, -0.05) is 65.7 Å². The van der Waals surface area contributed by atoms with Gasteiger partial charge in [-0.25, -0.2) is 18.4 Å². The van der Waals surface area contributed by atoms with E-state index in [1.54, 1.807) is 54.6 Å². The number of nitrogens with zero attached hydrogens (tertiary/aromatic N) is 2. The summed E-state index contributed by atoms with van der Waals surface area (Å²) in [5, 5.41) is 0. The number of benzene rings is 3. The number of anilines is 1. The Morgan fingerprint density at radius 1 is 0.735 bits per heavy atom. The van der Waals surface area contributed by atoms with E-state index in [1.807, 2.05) is 13.8 Å². The van der Waals surface area contributed by atoms with Gasteiger partial charge in [-0.05, 0) is 38.1 Å². The summed E-state index contributed by atoms with van der Waals surface area (Å²) < 4.78 is 58.8. The molecule has 0 saturated carbocycles. The molecule has 1 heterocycles. The molecule has 3 aromatic carbocycles. The van der Waals surface area contributed by atoms with E-state index in [0.717, 1.165) is 17.3 Å². The minimum Gasteiger partial charge on any atom is -0.356 e. The van der Waals surface area contributed by atoms with Crippen molar-refractivity contribution in [2.75, 3.05) is 4.72 Å². The molecule has 0 aliphatic rings. The Balaban J connectivity index is 1.72. The maximum absolute atomic E-state index is 12.9. The second-order valence-electron chi connectivity index (χ2n) is 7.54. The maximum atomic E-state index is 12.9. The average molecular weight is 496 g/mol. The Bertz CT molecular complexity index is 1520. The molecule has 0 radical (unpaired) electrons. The van der Waals surface area contributed by atoms with E-state index in [-0.39, 0.29) is 27.2 Å². The first-order valence-electron chi connectivity index (χ1n) is 10.2. The SMILES string of the molecule is Cc1ccc(S(=O)(=O)Nc2ncc(OS(=O)(=O)c3ccc(C)cc3)nc2-c2ccccc2)cc1. The van der Waals surface area contributed by atoms with Crippen molar-refractivity contribution >= 4 is 26.0 Å². The van der Waals surface area contributed by atoms with Crippen molar-refractivity contribution in [3.63, 3.8) is 0 Å². The van der Waals surface area contributed by atoms with E-state index in [9.17, 15) is 16.8 Å². The van der Waals surface area contributed by atoms with Gasteiger partial charge >= 0.3 is 10.1 Å². The molecule has 0 aliphatic carbocycles. The molecule has 34 heavy (non-hydrogen) atoms. The van der Waals surface area contributed by atoms with Crippen LogP contribution in [0.1, 0.15) is 11.1 Å². The quantitative estimate of drug-likeness (QED) is 0.380. The number of nitrogens with one attached hydrogen (secondary N) is 1. The van der Waals surface area contributed by atoms with Crippen LogP contribution in [-0.2, 0) is 20.1 Å². The summed E-state index contributed by atoms with van der Waals surface area (Å²) >= 11 is 0. The molecular weight excluding hydrogens is 474 g/mol. The van der Waals surface area contributed by atoms with Crippen LogP contribution in [-0.4, -0.2) is 26.8 Å². The van der Waals surface area contributed by atoms with Crippen LogP contribution < -0.4 is 8.91 Å². The van der Waals surface area contributed by atoms with Crippen LogP contribution in [0, 0.1) is 13.8 Å². The molecule has 0 atom stereocenters. The van der Waals surface area contributed by atoms with Crippen molar-refractivity contribution in [2.24, 2.45) is 0 Å². The van der Waals surface area contributed by atoms with Crippen LogP contribution >= 0.6 is 0 Å². The van der Waals surface area contributed by atoms with Crippen molar-refractivity contribution in [3.8, 4) is 17.1 Å². The smallest absolute Gasteiger partial charge is 0.340 e. The molecule has 174 valence electrons. The molecule has 4 aromatic rings. The summed E-state index contributed by atoms with van der Waals surface area (Å²) in [7, 11) is -8.13. The van der Waals surface area contributed by atoms with E-state index in [4.69, 9.17) is 4.18 Å². The van der Waals surface area contributed by atoms with Gasteiger partial charge in [-0.2, -0.15) is 8.42 Å². The van der Waals surface area contributed by atoms with Gasteiger partial charge in [-0.15, -0.1) is 0 Å². The molecular formula is C24H21N3O5S2. The summed E-state index contributed by atoms with van der Waals surface area (Å²) in [4.78, 5) is 8.43. The molecule has 0 fully saturated rings. The Labute approximate surface area is 198 Å². The average Bonchev–Trinajstić information content (AvgIpc) is 2.81. The summed E-state index contributed by atoms with van der Waals surface area (Å²) in [5.41, 5.74) is 2.46. The van der Waals surface area contributed by atoms with Crippen LogP contribution in [0.4, 0.5) is 5.82 Å². The molecule has 0 spiro atoms. The third-order valence-electron chi connectivity index (χ3n) is 4.86. The number of rotatable bonds is 7. The van der Waals surface area contributed by atoms with Gasteiger partial charge in [0.25, 0.3) is 15.9 Å². The van der Waals surface area contributed by atoms with Crippen molar-refractivity contribution in [3.05, 3.63) is 96.2 Å². The Morgan fingerprint density at radius 3 is 1.88 bits per heavy atom.